The SMILES string of the molecule is O=C(NCCc1cccc(F)c1)C1CCNCC1. The quantitative estimate of drug-likeness (QED) is 0.850. The minimum atomic E-state index is -0.225. The van der Waals surface area contributed by atoms with Crippen molar-refractivity contribution >= 4 is 5.91 Å². The van der Waals surface area contributed by atoms with E-state index in [1.54, 1.807) is 6.07 Å². The lowest BCUT2D eigenvalue weighted by Crippen LogP contribution is -2.38. The molecule has 1 amide bonds. The second-order valence-electron chi connectivity index (χ2n) is 4.70. The molecule has 0 unspecified atom stereocenters. The zero-order valence-corrected chi connectivity index (χ0v) is 10.4. The Hall–Kier alpha value is -1.42. The van der Waals surface area contributed by atoms with Gasteiger partial charge in [0.15, 0.2) is 0 Å². The third-order valence-corrected chi connectivity index (χ3v) is 3.31. The summed E-state index contributed by atoms with van der Waals surface area (Å²) in [6.07, 6.45) is 2.49. The lowest BCUT2D eigenvalue weighted by atomic mass is 9.97. The Bertz CT molecular complexity index is 403. The lowest BCUT2D eigenvalue weighted by Gasteiger charge is -2.21. The fraction of sp³-hybridized carbons (Fsp3) is 0.500. The summed E-state index contributed by atoms with van der Waals surface area (Å²) >= 11 is 0. The van der Waals surface area contributed by atoms with Crippen LogP contribution >= 0.6 is 0 Å². The fourth-order valence-electron chi connectivity index (χ4n) is 2.25. The molecule has 0 aliphatic carbocycles. The van der Waals surface area contributed by atoms with Crippen molar-refractivity contribution in [3.05, 3.63) is 35.6 Å². The molecule has 98 valence electrons. The van der Waals surface area contributed by atoms with Gasteiger partial charge in [-0.25, -0.2) is 4.39 Å². The number of nitrogens with one attached hydrogen (secondary N) is 2. The smallest absolute Gasteiger partial charge is 0.223 e. The first-order valence-electron chi connectivity index (χ1n) is 6.48. The number of carbonyl (C=O) groups is 1. The molecule has 4 heteroatoms. The van der Waals surface area contributed by atoms with Gasteiger partial charge in [0.05, 0.1) is 0 Å². The van der Waals surface area contributed by atoms with E-state index in [0.717, 1.165) is 31.5 Å². The van der Waals surface area contributed by atoms with Crippen molar-refractivity contribution in [1.29, 1.82) is 0 Å². The largest absolute Gasteiger partial charge is 0.356 e. The van der Waals surface area contributed by atoms with Gasteiger partial charge in [0.1, 0.15) is 5.82 Å². The molecule has 1 saturated heterocycles. The van der Waals surface area contributed by atoms with E-state index in [9.17, 15) is 9.18 Å². The predicted molar refractivity (Wildman–Crippen MR) is 68.7 cm³/mol. The van der Waals surface area contributed by atoms with Crippen LogP contribution < -0.4 is 10.6 Å². The normalized spacial score (nSPS) is 16.5. The number of carbonyl (C=O) groups excluding carboxylic acids is 1. The van der Waals surface area contributed by atoms with Gasteiger partial charge in [0.2, 0.25) is 5.91 Å². The number of halogens is 1. The van der Waals surface area contributed by atoms with Gasteiger partial charge in [0.25, 0.3) is 0 Å². The zero-order chi connectivity index (χ0) is 12.8. The van der Waals surface area contributed by atoms with E-state index >= 15 is 0 Å². The van der Waals surface area contributed by atoms with Crippen molar-refractivity contribution in [3.63, 3.8) is 0 Å². The van der Waals surface area contributed by atoms with Crippen LogP contribution in [0.3, 0.4) is 0 Å². The molecule has 0 saturated carbocycles. The number of hydrogen-bond acceptors (Lipinski definition) is 2. The van der Waals surface area contributed by atoms with Crippen LogP contribution in [0.1, 0.15) is 18.4 Å². The molecule has 1 fully saturated rings. The Kier molecular flexibility index (Phi) is 4.70. The van der Waals surface area contributed by atoms with Gasteiger partial charge in [0, 0.05) is 12.5 Å². The highest BCUT2D eigenvalue weighted by Gasteiger charge is 2.19. The number of hydrogen-bond donors (Lipinski definition) is 2. The molecule has 1 aromatic rings. The van der Waals surface area contributed by atoms with E-state index in [4.69, 9.17) is 0 Å². The topological polar surface area (TPSA) is 41.1 Å². The molecule has 1 aromatic carbocycles. The summed E-state index contributed by atoms with van der Waals surface area (Å²) in [4.78, 5) is 11.8. The Balaban J connectivity index is 1.73. The van der Waals surface area contributed by atoms with Gasteiger partial charge >= 0.3 is 0 Å². The maximum Gasteiger partial charge on any atom is 0.223 e. The van der Waals surface area contributed by atoms with Crippen LogP contribution in [0.5, 0.6) is 0 Å². The highest BCUT2D eigenvalue weighted by Crippen LogP contribution is 2.11. The second-order valence-corrected chi connectivity index (χ2v) is 4.70. The summed E-state index contributed by atoms with van der Waals surface area (Å²) in [6, 6.07) is 6.51. The van der Waals surface area contributed by atoms with E-state index in [-0.39, 0.29) is 17.6 Å². The maximum absolute atomic E-state index is 12.9. The number of rotatable bonds is 4. The van der Waals surface area contributed by atoms with E-state index in [1.165, 1.54) is 12.1 Å². The predicted octanol–water partition coefficient (Wildman–Crippen LogP) is 1.48. The van der Waals surface area contributed by atoms with E-state index in [0.29, 0.717) is 13.0 Å². The monoisotopic (exact) mass is 250 g/mol. The molecule has 0 atom stereocenters. The molecule has 1 heterocycles. The highest BCUT2D eigenvalue weighted by molar-refractivity contribution is 5.78. The average molecular weight is 250 g/mol. The van der Waals surface area contributed by atoms with Gasteiger partial charge in [-0.1, -0.05) is 12.1 Å². The van der Waals surface area contributed by atoms with Crippen LogP contribution in [0.4, 0.5) is 4.39 Å². The van der Waals surface area contributed by atoms with Crippen molar-refractivity contribution in [2.24, 2.45) is 5.92 Å². The molecule has 2 N–H and O–H groups in total. The van der Waals surface area contributed by atoms with Crippen LogP contribution in [0.2, 0.25) is 0 Å². The minimum Gasteiger partial charge on any atom is -0.356 e. The number of amides is 1. The van der Waals surface area contributed by atoms with Crippen molar-refractivity contribution in [1.82, 2.24) is 10.6 Å². The van der Waals surface area contributed by atoms with E-state index in [1.807, 2.05) is 6.07 Å². The van der Waals surface area contributed by atoms with Gasteiger partial charge in [-0.15, -0.1) is 0 Å². The highest BCUT2D eigenvalue weighted by atomic mass is 19.1. The summed E-state index contributed by atoms with van der Waals surface area (Å²) in [6.45, 7) is 2.41. The van der Waals surface area contributed by atoms with E-state index < -0.39 is 0 Å². The lowest BCUT2D eigenvalue weighted by molar-refractivity contribution is -0.125. The molecule has 1 aliphatic heterocycles. The van der Waals surface area contributed by atoms with Crippen molar-refractivity contribution < 1.29 is 9.18 Å². The Labute approximate surface area is 107 Å². The van der Waals surface area contributed by atoms with Gasteiger partial charge in [-0.05, 0) is 50.0 Å². The zero-order valence-electron chi connectivity index (χ0n) is 10.4. The van der Waals surface area contributed by atoms with Gasteiger partial charge < -0.3 is 10.6 Å². The molecule has 3 nitrogen and oxygen atoms in total. The molecular formula is C14H19FN2O. The molecule has 2 rings (SSSR count). The number of benzene rings is 1. The Morgan fingerprint density at radius 3 is 2.89 bits per heavy atom. The first-order valence-corrected chi connectivity index (χ1v) is 6.48. The first kappa shape index (κ1) is 13.0. The van der Waals surface area contributed by atoms with Gasteiger partial charge in [-0.2, -0.15) is 0 Å². The van der Waals surface area contributed by atoms with Crippen LogP contribution in [0, 0.1) is 11.7 Å². The molecule has 1 aliphatic rings. The van der Waals surface area contributed by atoms with Crippen LogP contribution in [0.25, 0.3) is 0 Å². The van der Waals surface area contributed by atoms with Crippen LogP contribution in [0.15, 0.2) is 24.3 Å². The third kappa shape index (κ3) is 3.81. The van der Waals surface area contributed by atoms with E-state index in [2.05, 4.69) is 10.6 Å². The molecule has 0 spiro atoms. The summed E-state index contributed by atoms with van der Waals surface area (Å²) in [5, 5.41) is 6.17. The maximum atomic E-state index is 12.9. The van der Waals surface area contributed by atoms with Crippen molar-refractivity contribution in [2.45, 2.75) is 19.3 Å². The molecular weight excluding hydrogens is 231 g/mol. The Morgan fingerprint density at radius 1 is 1.39 bits per heavy atom. The summed E-state index contributed by atoms with van der Waals surface area (Å²) < 4.78 is 12.9. The molecule has 0 radical (unpaired) electrons. The average Bonchev–Trinajstić information content (AvgIpc) is 2.40. The van der Waals surface area contributed by atoms with Crippen LogP contribution in [-0.4, -0.2) is 25.5 Å². The first-order chi connectivity index (χ1) is 8.75. The standard InChI is InChI=1S/C14H19FN2O/c15-13-3-1-2-11(10-13)4-9-17-14(18)12-5-7-16-8-6-12/h1-3,10,12,16H,4-9H2,(H,17,18). The fourth-order valence-corrected chi connectivity index (χ4v) is 2.25. The minimum absolute atomic E-state index is 0.132. The third-order valence-electron chi connectivity index (χ3n) is 3.31. The molecule has 0 aromatic heterocycles. The number of piperidine rings is 1. The molecule has 0 bridgehead atoms. The summed E-state index contributed by atoms with van der Waals surface area (Å²) in [5.74, 6) is 0.0452. The molecule has 18 heavy (non-hydrogen) atoms. The second kappa shape index (κ2) is 6.50. The van der Waals surface area contributed by atoms with Crippen LogP contribution in [-0.2, 0) is 11.2 Å². The summed E-state index contributed by atoms with van der Waals surface area (Å²) in [5.41, 5.74) is 0.917. The van der Waals surface area contributed by atoms with Gasteiger partial charge in [-0.3, -0.25) is 4.79 Å². The van der Waals surface area contributed by atoms with Crippen molar-refractivity contribution in [3.8, 4) is 0 Å². The van der Waals surface area contributed by atoms with Crippen molar-refractivity contribution in [2.75, 3.05) is 19.6 Å². The Morgan fingerprint density at radius 2 is 2.17 bits per heavy atom. The summed E-state index contributed by atoms with van der Waals surface area (Å²) in [7, 11) is 0.